The second-order valence-electron chi connectivity index (χ2n) is 8.51. The lowest BCUT2D eigenvalue weighted by Gasteiger charge is -2.27. The van der Waals surface area contributed by atoms with Gasteiger partial charge in [-0.2, -0.15) is 8.78 Å². The molecule has 2 saturated heterocycles. The number of nitrogens with zero attached hydrogens (tertiary/aromatic N) is 5. The standard InChI is InChI=1S/C22H24F4N6O5S/c1-29-6-7-30(8-9-32(29)38(35,36)18-4-2-3-5-27-18)19-16(23)10-14(11-17(19)24)31-13-15(37-22(31)34)12-28-21(33)20(25)26/h2-5,10-11,15,20H,6-9,12-13H2,1H3,(H,28,33)/t15-/m0/s1. The molecular weight excluding hydrogens is 536 g/mol. The van der Waals surface area contributed by atoms with Crippen LogP contribution in [0.4, 0.5) is 33.7 Å². The van der Waals surface area contributed by atoms with E-state index in [-0.39, 0.29) is 43.4 Å². The maximum Gasteiger partial charge on any atom is 0.414 e. The number of benzene rings is 1. The van der Waals surface area contributed by atoms with Gasteiger partial charge in [-0.1, -0.05) is 6.07 Å². The van der Waals surface area contributed by atoms with Crippen molar-refractivity contribution >= 4 is 33.4 Å². The van der Waals surface area contributed by atoms with Gasteiger partial charge in [0.25, 0.3) is 15.9 Å². The molecule has 2 aliphatic heterocycles. The summed E-state index contributed by atoms with van der Waals surface area (Å²) in [6.07, 6.45) is -3.84. The lowest BCUT2D eigenvalue weighted by Crippen LogP contribution is -2.45. The van der Waals surface area contributed by atoms with E-state index >= 15 is 8.78 Å². The van der Waals surface area contributed by atoms with Crippen LogP contribution >= 0.6 is 0 Å². The summed E-state index contributed by atoms with van der Waals surface area (Å²) in [5.41, 5.74) is -0.560. The number of nitrogens with one attached hydrogen (secondary N) is 1. The van der Waals surface area contributed by atoms with E-state index in [1.165, 1.54) is 28.2 Å². The molecule has 206 valence electrons. The summed E-state index contributed by atoms with van der Waals surface area (Å²) in [6, 6.07) is 6.32. The molecule has 16 heteroatoms. The summed E-state index contributed by atoms with van der Waals surface area (Å²) < 4.78 is 87.2. The van der Waals surface area contributed by atoms with Crippen LogP contribution < -0.4 is 15.1 Å². The number of hydrogen-bond donors (Lipinski definition) is 1. The Hall–Kier alpha value is -3.50. The zero-order valence-electron chi connectivity index (χ0n) is 20.1. The summed E-state index contributed by atoms with van der Waals surface area (Å²) in [7, 11) is -2.46. The van der Waals surface area contributed by atoms with Crippen LogP contribution in [0.3, 0.4) is 0 Å². The predicted octanol–water partition coefficient (Wildman–Crippen LogP) is 1.42. The highest BCUT2D eigenvalue weighted by atomic mass is 32.2. The number of carbonyl (C=O) groups is 2. The van der Waals surface area contributed by atoms with Crippen molar-refractivity contribution in [2.45, 2.75) is 17.6 Å². The molecule has 4 rings (SSSR count). The first-order valence-electron chi connectivity index (χ1n) is 11.4. The smallest absolute Gasteiger partial charge is 0.414 e. The second-order valence-corrected chi connectivity index (χ2v) is 10.3. The number of pyridine rings is 1. The quantitative estimate of drug-likeness (QED) is 0.506. The number of hydrazine groups is 1. The number of cyclic esters (lactones) is 1. The summed E-state index contributed by atoms with van der Waals surface area (Å²) in [4.78, 5) is 29.4. The third kappa shape index (κ3) is 5.66. The highest BCUT2D eigenvalue weighted by Crippen LogP contribution is 2.32. The lowest BCUT2D eigenvalue weighted by molar-refractivity contribution is -0.132. The number of aromatic nitrogens is 1. The fourth-order valence-electron chi connectivity index (χ4n) is 4.14. The lowest BCUT2D eigenvalue weighted by atomic mass is 10.2. The minimum Gasteiger partial charge on any atom is -0.442 e. The molecule has 2 aliphatic rings. The molecule has 2 aromatic rings. The molecule has 1 N–H and O–H groups in total. The van der Waals surface area contributed by atoms with Crippen molar-refractivity contribution in [2.24, 2.45) is 0 Å². The highest BCUT2D eigenvalue weighted by Gasteiger charge is 2.36. The summed E-state index contributed by atoms with van der Waals surface area (Å²) in [5, 5.41) is 3.19. The van der Waals surface area contributed by atoms with Crippen LogP contribution in [-0.2, 0) is 19.6 Å². The third-order valence-corrected chi connectivity index (χ3v) is 7.81. The molecular formula is C22H24F4N6O5S. The van der Waals surface area contributed by atoms with Gasteiger partial charge in [-0.15, -0.1) is 4.41 Å². The van der Waals surface area contributed by atoms with Crippen LogP contribution in [0.1, 0.15) is 0 Å². The van der Waals surface area contributed by atoms with Gasteiger partial charge in [0.15, 0.2) is 16.7 Å². The van der Waals surface area contributed by atoms with Gasteiger partial charge >= 0.3 is 12.5 Å². The largest absolute Gasteiger partial charge is 0.442 e. The van der Waals surface area contributed by atoms with Gasteiger partial charge in [0, 0.05) is 51.6 Å². The second kappa shape index (κ2) is 11.1. The molecule has 0 unspecified atom stereocenters. The van der Waals surface area contributed by atoms with Crippen molar-refractivity contribution in [1.82, 2.24) is 19.7 Å². The number of hydrogen-bond acceptors (Lipinski definition) is 8. The van der Waals surface area contributed by atoms with Crippen LogP contribution in [-0.4, -0.2) is 93.7 Å². The number of likely N-dealkylation sites (N-methyl/N-ethyl adjacent to an activating group) is 1. The van der Waals surface area contributed by atoms with Gasteiger partial charge in [-0.3, -0.25) is 9.69 Å². The predicted molar refractivity (Wildman–Crippen MR) is 126 cm³/mol. The Balaban J connectivity index is 1.48. The number of rotatable bonds is 7. The average molecular weight is 561 g/mol. The molecule has 2 fully saturated rings. The van der Waals surface area contributed by atoms with E-state index in [1.807, 2.05) is 5.32 Å². The first kappa shape index (κ1) is 27.5. The van der Waals surface area contributed by atoms with Crippen molar-refractivity contribution < 1.29 is 40.3 Å². The molecule has 1 aromatic carbocycles. The van der Waals surface area contributed by atoms with Gasteiger partial charge < -0.3 is 15.0 Å². The first-order chi connectivity index (χ1) is 18.0. The maximum absolute atomic E-state index is 15.2. The third-order valence-electron chi connectivity index (χ3n) is 6.02. The molecule has 2 amide bonds. The number of halogens is 4. The van der Waals surface area contributed by atoms with Gasteiger partial charge in [-0.05, 0) is 12.1 Å². The molecule has 0 bridgehead atoms. The van der Waals surface area contributed by atoms with E-state index in [0.29, 0.717) is 0 Å². The van der Waals surface area contributed by atoms with Crippen molar-refractivity contribution in [2.75, 3.05) is 56.1 Å². The first-order valence-corrected chi connectivity index (χ1v) is 12.9. The minimum atomic E-state index is -4.00. The Labute approximate surface area is 215 Å². The van der Waals surface area contributed by atoms with Gasteiger partial charge in [0.1, 0.15) is 11.8 Å². The van der Waals surface area contributed by atoms with Crippen LogP contribution in [0.25, 0.3) is 0 Å². The zero-order chi connectivity index (χ0) is 27.6. The number of amides is 2. The van der Waals surface area contributed by atoms with Gasteiger partial charge in [0.2, 0.25) is 0 Å². The summed E-state index contributed by atoms with van der Waals surface area (Å²) >= 11 is 0. The molecule has 3 heterocycles. The Morgan fingerprint density at radius 3 is 2.47 bits per heavy atom. The van der Waals surface area contributed by atoms with Crippen LogP contribution in [0.5, 0.6) is 0 Å². The van der Waals surface area contributed by atoms with Crippen LogP contribution in [0.2, 0.25) is 0 Å². The molecule has 1 aromatic heterocycles. The van der Waals surface area contributed by atoms with Crippen LogP contribution in [0.15, 0.2) is 41.6 Å². The molecule has 0 spiro atoms. The number of sulfonamides is 1. The van der Waals surface area contributed by atoms with Gasteiger partial charge in [0.05, 0.1) is 18.8 Å². The fourth-order valence-corrected chi connectivity index (χ4v) is 5.57. The van der Waals surface area contributed by atoms with Crippen LogP contribution in [0, 0.1) is 11.6 Å². The van der Waals surface area contributed by atoms with Gasteiger partial charge in [-0.25, -0.2) is 32.0 Å². The molecule has 0 radical (unpaired) electrons. The fraction of sp³-hybridized carbons (Fsp3) is 0.409. The average Bonchev–Trinajstić information content (AvgIpc) is 3.14. The van der Waals surface area contributed by atoms with E-state index in [4.69, 9.17) is 4.74 Å². The Bertz CT molecular complexity index is 1280. The normalized spacial score (nSPS) is 19.5. The number of carbonyl (C=O) groups excluding carboxylic acids is 2. The summed E-state index contributed by atoms with van der Waals surface area (Å²) in [6.45, 7) is -0.558. The molecule has 38 heavy (non-hydrogen) atoms. The van der Waals surface area contributed by atoms with E-state index in [2.05, 4.69) is 4.98 Å². The van der Waals surface area contributed by atoms with E-state index < -0.39 is 58.4 Å². The topological polar surface area (TPSA) is 115 Å². The molecule has 1 atom stereocenters. The van der Waals surface area contributed by atoms with Crippen molar-refractivity contribution in [1.29, 1.82) is 0 Å². The molecule has 11 nitrogen and oxygen atoms in total. The monoisotopic (exact) mass is 560 g/mol. The Morgan fingerprint density at radius 1 is 1.16 bits per heavy atom. The summed E-state index contributed by atoms with van der Waals surface area (Å²) in [5.74, 6) is -3.52. The Kier molecular flexibility index (Phi) is 8.03. The highest BCUT2D eigenvalue weighted by molar-refractivity contribution is 7.89. The van der Waals surface area contributed by atoms with Crippen molar-refractivity contribution in [3.8, 4) is 0 Å². The SMILES string of the molecule is CN1CCN(c2c(F)cc(N3C[C@H](CNC(=O)C(F)F)OC3=O)cc2F)CCN1S(=O)(=O)c1ccccn1. The number of alkyl halides is 2. The molecule has 0 aliphatic carbocycles. The van der Waals surface area contributed by atoms with E-state index in [9.17, 15) is 26.8 Å². The van der Waals surface area contributed by atoms with E-state index in [0.717, 1.165) is 21.4 Å². The van der Waals surface area contributed by atoms with Crippen molar-refractivity contribution in [3.63, 3.8) is 0 Å². The number of anilines is 2. The van der Waals surface area contributed by atoms with E-state index in [1.54, 1.807) is 13.1 Å². The minimum absolute atomic E-state index is 0.0404. The number of ether oxygens (including phenoxy) is 1. The molecule has 0 saturated carbocycles. The Morgan fingerprint density at radius 2 is 1.84 bits per heavy atom. The maximum atomic E-state index is 15.2. The van der Waals surface area contributed by atoms with Crippen molar-refractivity contribution in [3.05, 3.63) is 48.2 Å². The zero-order valence-corrected chi connectivity index (χ0v) is 20.9.